The van der Waals surface area contributed by atoms with Crippen LogP contribution in [0.3, 0.4) is 0 Å². The second kappa shape index (κ2) is 6.42. The van der Waals surface area contributed by atoms with Crippen molar-refractivity contribution in [2.45, 2.75) is 19.9 Å². The first kappa shape index (κ1) is 12.9. The average Bonchev–Trinajstić information content (AvgIpc) is 2.80. The van der Waals surface area contributed by atoms with Gasteiger partial charge in [0, 0.05) is 6.54 Å². The van der Waals surface area contributed by atoms with Crippen LogP contribution in [0, 0.1) is 5.82 Å². The number of para-hydroxylation sites is 1. The Hall–Kier alpha value is -1.53. The van der Waals surface area contributed by atoms with Crippen molar-refractivity contribution in [2.24, 2.45) is 0 Å². The van der Waals surface area contributed by atoms with Crippen LogP contribution >= 0.6 is 11.3 Å². The summed E-state index contributed by atoms with van der Waals surface area (Å²) in [5.41, 5.74) is 0. The van der Waals surface area contributed by atoms with Gasteiger partial charge in [-0.05, 0) is 25.1 Å². The first-order chi connectivity index (χ1) is 8.79. The Labute approximate surface area is 109 Å². The maximum Gasteiger partial charge on any atom is 0.299 e. The molecule has 0 saturated carbocycles. The third kappa shape index (κ3) is 3.48. The summed E-state index contributed by atoms with van der Waals surface area (Å²) >= 11 is 1.31. The van der Waals surface area contributed by atoms with Gasteiger partial charge in [-0.3, -0.25) is 0 Å². The van der Waals surface area contributed by atoms with Crippen LogP contribution in [-0.2, 0) is 6.54 Å². The van der Waals surface area contributed by atoms with Crippen LogP contribution in [0.4, 0.5) is 4.39 Å². The van der Waals surface area contributed by atoms with E-state index >= 15 is 0 Å². The van der Waals surface area contributed by atoms with Crippen LogP contribution in [0.1, 0.15) is 18.4 Å². The largest absolute Gasteiger partial charge is 0.427 e. The average molecular weight is 267 g/mol. The Morgan fingerprint density at radius 1 is 1.33 bits per heavy atom. The summed E-state index contributed by atoms with van der Waals surface area (Å²) in [5, 5.41) is 12.2. The van der Waals surface area contributed by atoms with E-state index in [2.05, 4.69) is 22.4 Å². The van der Waals surface area contributed by atoms with Crippen LogP contribution in [-0.4, -0.2) is 16.7 Å². The molecule has 2 aromatic rings. The molecule has 0 aliphatic heterocycles. The van der Waals surface area contributed by atoms with Crippen LogP contribution in [0.5, 0.6) is 10.9 Å². The molecule has 4 nitrogen and oxygen atoms in total. The van der Waals surface area contributed by atoms with Gasteiger partial charge in [0.2, 0.25) is 0 Å². The lowest BCUT2D eigenvalue weighted by Crippen LogP contribution is -2.13. The predicted molar refractivity (Wildman–Crippen MR) is 68.4 cm³/mol. The van der Waals surface area contributed by atoms with E-state index in [1.165, 1.54) is 17.4 Å². The normalized spacial score (nSPS) is 10.6. The molecule has 6 heteroatoms. The minimum absolute atomic E-state index is 0.168. The summed E-state index contributed by atoms with van der Waals surface area (Å²) in [6, 6.07) is 6.23. The fourth-order valence-corrected chi connectivity index (χ4v) is 2.02. The van der Waals surface area contributed by atoms with Crippen molar-refractivity contribution in [3.05, 3.63) is 35.1 Å². The fraction of sp³-hybridized carbons (Fsp3) is 0.333. The Morgan fingerprint density at radius 3 is 2.94 bits per heavy atom. The zero-order chi connectivity index (χ0) is 12.8. The number of ether oxygens (including phenoxy) is 1. The molecule has 18 heavy (non-hydrogen) atoms. The lowest BCUT2D eigenvalue weighted by atomic mass is 10.3. The Morgan fingerprint density at radius 2 is 2.17 bits per heavy atom. The zero-order valence-corrected chi connectivity index (χ0v) is 10.8. The van der Waals surface area contributed by atoms with Gasteiger partial charge < -0.3 is 10.1 Å². The number of nitrogens with one attached hydrogen (secondary N) is 1. The number of halogens is 1. The highest BCUT2D eigenvalue weighted by Crippen LogP contribution is 2.26. The first-order valence-electron chi connectivity index (χ1n) is 5.75. The number of aromatic nitrogens is 2. The van der Waals surface area contributed by atoms with Crippen LogP contribution in [0.25, 0.3) is 0 Å². The summed E-state index contributed by atoms with van der Waals surface area (Å²) in [6.45, 7) is 3.69. The summed E-state index contributed by atoms with van der Waals surface area (Å²) in [6.07, 6.45) is 1.07. The highest BCUT2D eigenvalue weighted by molar-refractivity contribution is 7.13. The number of rotatable bonds is 6. The first-order valence-corrected chi connectivity index (χ1v) is 6.56. The van der Waals surface area contributed by atoms with Crippen molar-refractivity contribution >= 4 is 11.3 Å². The van der Waals surface area contributed by atoms with Crippen molar-refractivity contribution in [2.75, 3.05) is 6.54 Å². The quantitative estimate of drug-likeness (QED) is 0.817. The van der Waals surface area contributed by atoms with E-state index < -0.39 is 5.82 Å². The monoisotopic (exact) mass is 267 g/mol. The lowest BCUT2D eigenvalue weighted by Gasteiger charge is -2.01. The van der Waals surface area contributed by atoms with Gasteiger partial charge in [0.1, 0.15) is 5.01 Å². The molecule has 0 aliphatic rings. The van der Waals surface area contributed by atoms with E-state index in [1.54, 1.807) is 18.2 Å². The van der Waals surface area contributed by atoms with Crippen molar-refractivity contribution < 1.29 is 9.13 Å². The van der Waals surface area contributed by atoms with Crippen molar-refractivity contribution in [1.29, 1.82) is 0 Å². The van der Waals surface area contributed by atoms with Gasteiger partial charge in [-0.15, -0.1) is 5.10 Å². The summed E-state index contributed by atoms with van der Waals surface area (Å²) in [5.74, 6) is -0.236. The molecular formula is C12H14FN3OS. The van der Waals surface area contributed by atoms with E-state index in [1.807, 2.05) is 0 Å². The number of hydrogen-bond donors (Lipinski definition) is 1. The van der Waals surface area contributed by atoms with Gasteiger partial charge in [-0.1, -0.05) is 35.5 Å². The molecule has 0 radical (unpaired) electrons. The Kier molecular flexibility index (Phi) is 4.60. The van der Waals surface area contributed by atoms with Crippen LogP contribution in [0.15, 0.2) is 24.3 Å². The third-order valence-electron chi connectivity index (χ3n) is 2.19. The highest BCUT2D eigenvalue weighted by atomic mass is 32.1. The highest BCUT2D eigenvalue weighted by Gasteiger charge is 2.08. The molecule has 0 fully saturated rings. The second-order valence-electron chi connectivity index (χ2n) is 3.67. The molecule has 0 saturated heterocycles. The van der Waals surface area contributed by atoms with Gasteiger partial charge in [0.25, 0.3) is 5.19 Å². The molecule has 0 bridgehead atoms. The van der Waals surface area contributed by atoms with Gasteiger partial charge in [-0.2, -0.15) is 0 Å². The molecule has 0 atom stereocenters. The van der Waals surface area contributed by atoms with E-state index in [9.17, 15) is 4.39 Å². The number of hydrogen-bond acceptors (Lipinski definition) is 5. The molecule has 0 spiro atoms. The fourth-order valence-electron chi connectivity index (χ4n) is 1.34. The van der Waals surface area contributed by atoms with Crippen molar-refractivity contribution in [3.8, 4) is 10.9 Å². The lowest BCUT2D eigenvalue weighted by molar-refractivity contribution is 0.435. The molecule has 0 unspecified atom stereocenters. The molecule has 1 aromatic heterocycles. The molecule has 96 valence electrons. The Balaban J connectivity index is 1.96. The van der Waals surface area contributed by atoms with E-state index in [4.69, 9.17) is 4.74 Å². The maximum atomic E-state index is 13.3. The zero-order valence-electron chi connectivity index (χ0n) is 10.0. The summed E-state index contributed by atoms with van der Waals surface area (Å²) in [4.78, 5) is 0. The smallest absolute Gasteiger partial charge is 0.299 e. The van der Waals surface area contributed by atoms with Gasteiger partial charge in [0.15, 0.2) is 11.6 Å². The van der Waals surface area contributed by atoms with Crippen molar-refractivity contribution in [1.82, 2.24) is 15.5 Å². The van der Waals surface area contributed by atoms with Gasteiger partial charge in [0.05, 0.1) is 0 Å². The molecule has 0 aliphatic carbocycles. The topological polar surface area (TPSA) is 47.0 Å². The number of benzene rings is 1. The molecule has 2 rings (SSSR count). The minimum atomic E-state index is -0.404. The maximum absolute atomic E-state index is 13.3. The number of nitrogens with zero attached hydrogens (tertiary/aromatic N) is 2. The van der Waals surface area contributed by atoms with Crippen LogP contribution < -0.4 is 10.1 Å². The predicted octanol–water partition coefficient (Wildman–Crippen LogP) is 2.97. The molecule has 1 N–H and O–H groups in total. The minimum Gasteiger partial charge on any atom is -0.427 e. The molecule has 1 aromatic carbocycles. The van der Waals surface area contributed by atoms with Crippen molar-refractivity contribution in [3.63, 3.8) is 0 Å². The van der Waals surface area contributed by atoms with Gasteiger partial charge >= 0.3 is 0 Å². The molecule has 0 amide bonds. The second-order valence-corrected chi connectivity index (χ2v) is 4.70. The third-order valence-corrected chi connectivity index (χ3v) is 2.99. The Bertz CT molecular complexity index is 504. The molecule has 1 heterocycles. The molecular weight excluding hydrogens is 253 g/mol. The summed E-state index contributed by atoms with van der Waals surface area (Å²) < 4.78 is 18.7. The SMILES string of the molecule is CCCNCc1nnc(Oc2ccccc2F)s1. The van der Waals surface area contributed by atoms with E-state index in [-0.39, 0.29) is 5.75 Å². The van der Waals surface area contributed by atoms with Gasteiger partial charge in [-0.25, -0.2) is 4.39 Å². The standard InChI is InChI=1S/C12H14FN3OS/c1-2-7-14-8-11-15-16-12(18-11)17-10-6-4-3-5-9(10)13/h3-6,14H,2,7-8H2,1H3. The van der Waals surface area contributed by atoms with E-state index in [0.717, 1.165) is 18.0 Å². The van der Waals surface area contributed by atoms with E-state index in [0.29, 0.717) is 11.7 Å². The van der Waals surface area contributed by atoms with Crippen LogP contribution in [0.2, 0.25) is 0 Å². The summed E-state index contributed by atoms with van der Waals surface area (Å²) in [7, 11) is 0.